The monoisotopic (exact) mass is 522 g/mol. The van der Waals surface area contributed by atoms with Crippen LogP contribution >= 0.6 is 0 Å². The van der Waals surface area contributed by atoms with Crippen molar-refractivity contribution in [1.82, 2.24) is 0 Å². The van der Waals surface area contributed by atoms with Crippen LogP contribution in [0.15, 0.2) is 140 Å². The lowest BCUT2D eigenvalue weighted by molar-refractivity contribution is 0.464. The van der Waals surface area contributed by atoms with Crippen molar-refractivity contribution in [2.45, 2.75) is 0 Å². The van der Waals surface area contributed by atoms with Crippen molar-refractivity contribution in [3.05, 3.63) is 140 Å². The minimum atomic E-state index is 0.0379. The van der Waals surface area contributed by atoms with E-state index in [-0.39, 0.29) is 6.71 Å². The number of hydrogen-bond donors (Lipinski definition) is 0. The van der Waals surface area contributed by atoms with Gasteiger partial charge in [-0.1, -0.05) is 115 Å². The van der Waals surface area contributed by atoms with E-state index in [0.717, 1.165) is 28.5 Å². The fourth-order valence-corrected chi connectivity index (χ4v) is 6.89. The van der Waals surface area contributed by atoms with Crippen LogP contribution in [0, 0.1) is 0 Å². The highest BCUT2D eigenvalue weighted by Crippen LogP contribution is 2.44. The Morgan fingerprint density at radius 1 is 0.366 bits per heavy atom. The van der Waals surface area contributed by atoms with Crippen LogP contribution in [0.5, 0.6) is 23.0 Å². The third-order valence-electron chi connectivity index (χ3n) is 8.59. The van der Waals surface area contributed by atoms with Gasteiger partial charge in [-0.3, -0.25) is 0 Å². The fraction of sp³-hybridized carbons (Fsp3) is 0. The van der Waals surface area contributed by atoms with E-state index >= 15 is 0 Å². The summed E-state index contributed by atoms with van der Waals surface area (Å²) in [5.74, 6) is 3.54. The van der Waals surface area contributed by atoms with Gasteiger partial charge in [0.25, 0.3) is 6.71 Å². The number of benzene rings is 7. The smallest absolute Gasteiger partial charge is 0.260 e. The average molecular weight is 522 g/mol. The highest BCUT2D eigenvalue weighted by Gasteiger charge is 2.40. The molecular formula is C38H23BO2. The summed E-state index contributed by atoms with van der Waals surface area (Å²) in [6, 6.07) is 49.5. The molecule has 190 valence electrons. The lowest BCUT2D eigenvalue weighted by Gasteiger charge is -2.33. The minimum absolute atomic E-state index is 0.0379. The first-order chi connectivity index (χ1) is 20.3. The van der Waals surface area contributed by atoms with E-state index in [4.69, 9.17) is 9.47 Å². The van der Waals surface area contributed by atoms with Crippen LogP contribution in [0.3, 0.4) is 0 Å². The summed E-state index contributed by atoms with van der Waals surface area (Å²) in [6.45, 7) is 0.0379. The van der Waals surface area contributed by atoms with E-state index in [9.17, 15) is 0 Å². The molecule has 0 aromatic heterocycles. The molecule has 0 spiro atoms. The maximum Gasteiger partial charge on any atom is 0.260 e. The molecule has 0 unspecified atom stereocenters. The number of rotatable bonds is 2. The lowest BCUT2D eigenvalue weighted by Crippen LogP contribution is -2.57. The molecule has 9 rings (SSSR count). The maximum absolute atomic E-state index is 6.50. The van der Waals surface area contributed by atoms with E-state index in [0.29, 0.717) is 0 Å². The molecule has 7 aromatic carbocycles. The Morgan fingerprint density at radius 2 is 0.878 bits per heavy atom. The molecule has 2 aliphatic heterocycles. The van der Waals surface area contributed by atoms with Gasteiger partial charge in [0, 0.05) is 5.46 Å². The first-order valence-electron chi connectivity index (χ1n) is 14.1. The summed E-state index contributed by atoms with van der Waals surface area (Å²) >= 11 is 0. The van der Waals surface area contributed by atoms with Crippen molar-refractivity contribution in [3.63, 3.8) is 0 Å². The molecule has 0 fully saturated rings. The van der Waals surface area contributed by atoms with Crippen LogP contribution in [0.2, 0.25) is 0 Å². The van der Waals surface area contributed by atoms with Gasteiger partial charge in [0.15, 0.2) is 0 Å². The van der Waals surface area contributed by atoms with Gasteiger partial charge in [0.05, 0.1) is 0 Å². The van der Waals surface area contributed by atoms with Gasteiger partial charge in [0.2, 0.25) is 0 Å². The van der Waals surface area contributed by atoms with Crippen LogP contribution in [-0.2, 0) is 0 Å². The van der Waals surface area contributed by atoms with Crippen molar-refractivity contribution in [1.29, 1.82) is 0 Å². The van der Waals surface area contributed by atoms with Crippen molar-refractivity contribution >= 4 is 44.6 Å². The highest BCUT2D eigenvalue weighted by atomic mass is 16.5. The van der Waals surface area contributed by atoms with E-state index in [1.54, 1.807) is 0 Å². The molecule has 0 aliphatic carbocycles. The fourth-order valence-electron chi connectivity index (χ4n) is 6.89. The second-order valence-corrected chi connectivity index (χ2v) is 10.8. The van der Waals surface area contributed by atoms with Crippen molar-refractivity contribution in [2.75, 3.05) is 0 Å². The number of para-hydroxylation sites is 1. The Kier molecular flexibility index (Phi) is 4.73. The number of fused-ring (bicyclic) bond motifs is 6. The van der Waals surface area contributed by atoms with Crippen LogP contribution in [0.4, 0.5) is 0 Å². The maximum atomic E-state index is 6.50. The third kappa shape index (κ3) is 3.26. The normalized spacial score (nSPS) is 12.7. The molecule has 2 nitrogen and oxygen atoms in total. The number of hydrogen-bond acceptors (Lipinski definition) is 2. The van der Waals surface area contributed by atoms with Crippen molar-refractivity contribution in [3.8, 4) is 45.3 Å². The Balaban J connectivity index is 1.34. The molecule has 2 heterocycles. The molecule has 0 atom stereocenters. The summed E-state index contributed by atoms with van der Waals surface area (Å²) < 4.78 is 12.8. The topological polar surface area (TPSA) is 18.5 Å². The molecule has 0 N–H and O–H groups in total. The molecule has 0 amide bonds. The molecule has 41 heavy (non-hydrogen) atoms. The molecule has 0 bridgehead atoms. The van der Waals surface area contributed by atoms with Gasteiger partial charge in [-0.2, -0.15) is 0 Å². The molecule has 2 aliphatic rings. The summed E-state index contributed by atoms with van der Waals surface area (Å²) in [5, 5.41) is 5.00. The first-order valence-corrected chi connectivity index (χ1v) is 14.1. The van der Waals surface area contributed by atoms with Crippen LogP contribution in [-0.4, -0.2) is 6.71 Å². The van der Waals surface area contributed by atoms with Gasteiger partial charge in [-0.15, -0.1) is 0 Å². The van der Waals surface area contributed by atoms with Gasteiger partial charge >= 0.3 is 0 Å². The van der Waals surface area contributed by atoms with E-state index < -0.39 is 0 Å². The van der Waals surface area contributed by atoms with Crippen LogP contribution in [0.25, 0.3) is 43.8 Å². The summed E-state index contributed by atoms with van der Waals surface area (Å²) in [6.07, 6.45) is 0. The molecule has 0 saturated heterocycles. The summed E-state index contributed by atoms with van der Waals surface area (Å²) in [7, 11) is 0. The zero-order chi connectivity index (χ0) is 26.9. The van der Waals surface area contributed by atoms with Gasteiger partial charge in [-0.25, -0.2) is 0 Å². The average Bonchev–Trinajstić information content (AvgIpc) is 3.03. The van der Waals surface area contributed by atoms with Crippen molar-refractivity contribution < 1.29 is 9.47 Å². The largest absolute Gasteiger partial charge is 0.458 e. The van der Waals surface area contributed by atoms with E-state index in [2.05, 4.69) is 115 Å². The standard InChI is InChI=1S/C38H23BO2/c1-2-11-24(12-3-1)36-26-13-4-6-15-28(26)37(29-16-7-5-14-27(29)36)25-21-22-33-31(23-25)39-30-17-8-9-18-32(30)40-34-19-10-20-35(41-33)38(34)39/h1-23H. The predicted molar refractivity (Wildman–Crippen MR) is 170 cm³/mol. The van der Waals surface area contributed by atoms with E-state index in [1.807, 2.05) is 24.3 Å². The summed E-state index contributed by atoms with van der Waals surface area (Å²) in [4.78, 5) is 0. The quantitative estimate of drug-likeness (QED) is 0.169. The van der Waals surface area contributed by atoms with Crippen LogP contribution < -0.4 is 25.9 Å². The Morgan fingerprint density at radius 3 is 1.54 bits per heavy atom. The third-order valence-corrected chi connectivity index (χ3v) is 8.59. The van der Waals surface area contributed by atoms with Gasteiger partial charge in [0.1, 0.15) is 23.0 Å². The molecule has 3 heteroatoms. The lowest BCUT2D eigenvalue weighted by atomic mass is 9.35. The van der Waals surface area contributed by atoms with Gasteiger partial charge in [-0.05, 0) is 79.0 Å². The predicted octanol–water partition coefficient (Wildman–Crippen LogP) is 8.05. The first kappa shape index (κ1) is 22.5. The molecule has 0 radical (unpaired) electrons. The number of ether oxygens (including phenoxy) is 2. The van der Waals surface area contributed by atoms with E-state index in [1.165, 1.54) is 54.7 Å². The van der Waals surface area contributed by atoms with Gasteiger partial charge < -0.3 is 9.47 Å². The Labute approximate surface area is 238 Å². The second kappa shape index (κ2) is 8.61. The van der Waals surface area contributed by atoms with Crippen molar-refractivity contribution in [2.24, 2.45) is 0 Å². The molecule has 0 saturated carbocycles. The highest BCUT2D eigenvalue weighted by molar-refractivity contribution is 6.98. The zero-order valence-corrected chi connectivity index (χ0v) is 22.2. The SMILES string of the molecule is c1ccc(-c2c3ccccc3c(-c3ccc4c(c3)B3c5ccccc5Oc5cccc(c53)O4)c3ccccc23)cc1. The molecular weight excluding hydrogens is 499 g/mol. The molecule has 7 aromatic rings. The Bertz CT molecular complexity index is 2100. The minimum Gasteiger partial charge on any atom is -0.458 e. The zero-order valence-electron chi connectivity index (χ0n) is 22.2. The Hall–Kier alpha value is -5.28. The second-order valence-electron chi connectivity index (χ2n) is 10.8. The summed E-state index contributed by atoms with van der Waals surface area (Å²) in [5.41, 5.74) is 8.38. The van der Waals surface area contributed by atoms with Crippen LogP contribution in [0.1, 0.15) is 0 Å².